The Morgan fingerprint density at radius 1 is 0.905 bits per heavy atom. The van der Waals surface area contributed by atoms with Gasteiger partial charge in [0.15, 0.2) is 0 Å². The molecule has 2 atom stereocenters. The van der Waals surface area contributed by atoms with Crippen molar-refractivity contribution in [1.82, 2.24) is 10.2 Å². The van der Waals surface area contributed by atoms with Crippen molar-refractivity contribution in [2.75, 3.05) is 25.1 Å². The summed E-state index contributed by atoms with van der Waals surface area (Å²) in [7, 11) is -1.42. The molecule has 3 rings (SSSR count). The van der Waals surface area contributed by atoms with Gasteiger partial charge in [0.1, 0.15) is 24.1 Å². The number of sulfonamides is 1. The molecule has 0 saturated heterocycles. The lowest BCUT2D eigenvalue weighted by molar-refractivity contribution is -0.139. The molecule has 0 aliphatic heterocycles. The van der Waals surface area contributed by atoms with E-state index >= 15 is 0 Å². The number of amides is 2. The second-order valence-corrected chi connectivity index (χ2v) is 12.3. The van der Waals surface area contributed by atoms with Gasteiger partial charge in [-0.25, -0.2) is 8.42 Å². The highest BCUT2D eigenvalue weighted by Crippen LogP contribution is 2.33. The van der Waals surface area contributed by atoms with E-state index in [1.54, 1.807) is 49.4 Å². The van der Waals surface area contributed by atoms with E-state index < -0.39 is 34.4 Å². The van der Waals surface area contributed by atoms with Gasteiger partial charge in [0.25, 0.3) is 10.0 Å². The van der Waals surface area contributed by atoms with Crippen molar-refractivity contribution < 1.29 is 27.5 Å². The van der Waals surface area contributed by atoms with Gasteiger partial charge in [-0.3, -0.25) is 13.9 Å². The van der Waals surface area contributed by atoms with Crippen molar-refractivity contribution in [3.63, 3.8) is 0 Å². The van der Waals surface area contributed by atoms with E-state index in [2.05, 4.69) is 5.32 Å². The quantitative estimate of drug-likeness (QED) is 0.264. The standard InChI is InChI=1S/C30H35Cl2N3O6S/c1-6-20(2)33-30(37)21(3)34(18-24-25(31)10-9-11-26(24)32)29(36)19-35(27-12-7-8-13-28(27)41-5)42(38,39)23-16-14-22(40-4)15-17-23/h7-17,20-21H,6,18-19H2,1-5H3,(H,33,37). The molecule has 0 spiro atoms. The van der Waals surface area contributed by atoms with Gasteiger partial charge in [-0.15, -0.1) is 0 Å². The average Bonchev–Trinajstić information content (AvgIpc) is 2.99. The molecular weight excluding hydrogens is 601 g/mol. The summed E-state index contributed by atoms with van der Waals surface area (Å²) in [6.07, 6.45) is 0.685. The number of rotatable bonds is 13. The van der Waals surface area contributed by atoms with Crippen molar-refractivity contribution in [2.45, 2.75) is 50.7 Å². The Balaban J connectivity index is 2.10. The Morgan fingerprint density at radius 3 is 2.10 bits per heavy atom. The maximum atomic E-state index is 14.1. The molecular formula is C30H35Cl2N3O6S. The van der Waals surface area contributed by atoms with Crippen molar-refractivity contribution in [2.24, 2.45) is 0 Å². The van der Waals surface area contributed by atoms with Gasteiger partial charge in [-0.05, 0) is 68.8 Å². The van der Waals surface area contributed by atoms with Crippen LogP contribution in [0.4, 0.5) is 5.69 Å². The Bertz CT molecular complexity index is 1480. The third-order valence-corrected chi connectivity index (χ3v) is 9.32. The van der Waals surface area contributed by atoms with E-state index in [4.69, 9.17) is 32.7 Å². The molecule has 2 amide bonds. The molecule has 9 nitrogen and oxygen atoms in total. The van der Waals surface area contributed by atoms with Crippen LogP contribution in [-0.2, 0) is 26.2 Å². The van der Waals surface area contributed by atoms with E-state index in [0.717, 1.165) is 4.31 Å². The maximum absolute atomic E-state index is 14.1. The van der Waals surface area contributed by atoms with E-state index in [1.807, 2.05) is 13.8 Å². The molecule has 0 aliphatic rings. The summed E-state index contributed by atoms with van der Waals surface area (Å²) in [5.74, 6) is -0.341. The average molecular weight is 637 g/mol. The summed E-state index contributed by atoms with van der Waals surface area (Å²) in [4.78, 5) is 28.6. The first kappa shape index (κ1) is 33.0. The number of ether oxygens (including phenoxy) is 2. The minimum Gasteiger partial charge on any atom is -0.497 e. The summed E-state index contributed by atoms with van der Waals surface area (Å²) in [6, 6.07) is 16.1. The second kappa shape index (κ2) is 14.6. The molecule has 0 bridgehead atoms. The van der Waals surface area contributed by atoms with E-state index in [0.29, 0.717) is 27.8 Å². The number of methoxy groups -OCH3 is 2. The normalized spacial score (nSPS) is 12.6. The van der Waals surface area contributed by atoms with Gasteiger partial charge in [0, 0.05) is 28.2 Å². The lowest BCUT2D eigenvalue weighted by Gasteiger charge is -2.33. The summed E-state index contributed by atoms with van der Waals surface area (Å²) >= 11 is 12.9. The van der Waals surface area contributed by atoms with Gasteiger partial charge in [0.2, 0.25) is 11.8 Å². The fourth-order valence-corrected chi connectivity index (χ4v) is 6.07. The van der Waals surface area contributed by atoms with Crippen LogP contribution in [0, 0.1) is 0 Å². The molecule has 12 heteroatoms. The number of nitrogens with zero attached hydrogens (tertiary/aromatic N) is 2. The largest absolute Gasteiger partial charge is 0.497 e. The van der Waals surface area contributed by atoms with Crippen molar-refractivity contribution >= 4 is 50.7 Å². The van der Waals surface area contributed by atoms with Crippen LogP contribution in [0.2, 0.25) is 10.0 Å². The molecule has 42 heavy (non-hydrogen) atoms. The number of para-hydroxylation sites is 2. The molecule has 3 aromatic carbocycles. The van der Waals surface area contributed by atoms with Gasteiger partial charge >= 0.3 is 0 Å². The molecule has 0 fully saturated rings. The van der Waals surface area contributed by atoms with Crippen molar-refractivity contribution in [3.8, 4) is 11.5 Å². The van der Waals surface area contributed by atoms with Crippen LogP contribution in [0.1, 0.15) is 32.8 Å². The van der Waals surface area contributed by atoms with Crippen molar-refractivity contribution in [1.29, 1.82) is 0 Å². The minimum atomic E-state index is -4.30. The minimum absolute atomic E-state index is 0.0646. The zero-order valence-electron chi connectivity index (χ0n) is 24.1. The van der Waals surface area contributed by atoms with Crippen LogP contribution in [0.15, 0.2) is 71.6 Å². The van der Waals surface area contributed by atoms with Gasteiger partial charge < -0.3 is 19.7 Å². The number of anilines is 1. The summed E-state index contributed by atoms with van der Waals surface area (Å²) in [5.41, 5.74) is 0.579. The zero-order chi connectivity index (χ0) is 31.0. The van der Waals surface area contributed by atoms with Gasteiger partial charge in [0.05, 0.1) is 24.8 Å². The van der Waals surface area contributed by atoms with Gasteiger partial charge in [-0.1, -0.05) is 48.3 Å². The van der Waals surface area contributed by atoms with Crippen LogP contribution in [0.25, 0.3) is 0 Å². The highest BCUT2D eigenvalue weighted by atomic mass is 35.5. The predicted molar refractivity (Wildman–Crippen MR) is 165 cm³/mol. The first-order valence-corrected chi connectivity index (χ1v) is 15.5. The van der Waals surface area contributed by atoms with Crippen molar-refractivity contribution in [3.05, 3.63) is 82.3 Å². The first-order valence-electron chi connectivity index (χ1n) is 13.3. The number of carbonyl (C=O) groups is 2. The van der Waals surface area contributed by atoms with Crippen LogP contribution in [-0.4, -0.2) is 58.0 Å². The Morgan fingerprint density at radius 2 is 1.52 bits per heavy atom. The van der Waals surface area contributed by atoms with Crippen LogP contribution in [0.3, 0.4) is 0 Å². The van der Waals surface area contributed by atoms with Crippen LogP contribution in [0.5, 0.6) is 11.5 Å². The monoisotopic (exact) mass is 635 g/mol. The number of hydrogen-bond donors (Lipinski definition) is 1. The summed E-state index contributed by atoms with van der Waals surface area (Å²) in [5, 5.41) is 3.50. The molecule has 226 valence electrons. The summed E-state index contributed by atoms with van der Waals surface area (Å²) < 4.78 is 39.7. The first-order chi connectivity index (χ1) is 19.9. The van der Waals surface area contributed by atoms with Crippen LogP contribution < -0.4 is 19.1 Å². The third kappa shape index (κ3) is 7.67. The SMILES string of the molecule is CCC(C)NC(=O)C(C)N(Cc1c(Cl)cccc1Cl)C(=O)CN(c1ccccc1OC)S(=O)(=O)c1ccc(OC)cc1. The topological polar surface area (TPSA) is 105 Å². The Hall–Kier alpha value is -3.47. The number of halogens is 2. The number of hydrogen-bond acceptors (Lipinski definition) is 6. The molecule has 0 aromatic heterocycles. The highest BCUT2D eigenvalue weighted by Gasteiger charge is 2.34. The fraction of sp³-hybridized carbons (Fsp3) is 0.333. The number of carbonyl (C=O) groups excluding carboxylic acids is 2. The maximum Gasteiger partial charge on any atom is 0.264 e. The zero-order valence-corrected chi connectivity index (χ0v) is 26.5. The smallest absolute Gasteiger partial charge is 0.264 e. The number of benzene rings is 3. The van der Waals surface area contributed by atoms with Gasteiger partial charge in [-0.2, -0.15) is 0 Å². The molecule has 0 aliphatic carbocycles. The summed E-state index contributed by atoms with van der Waals surface area (Å²) in [6.45, 7) is 4.59. The van der Waals surface area contributed by atoms with Crippen LogP contribution >= 0.6 is 23.2 Å². The molecule has 2 unspecified atom stereocenters. The molecule has 0 saturated carbocycles. The van der Waals surface area contributed by atoms with E-state index in [1.165, 1.54) is 43.4 Å². The molecule has 0 radical (unpaired) electrons. The van der Waals surface area contributed by atoms with E-state index in [-0.39, 0.29) is 28.9 Å². The lowest BCUT2D eigenvalue weighted by atomic mass is 10.1. The third-order valence-electron chi connectivity index (χ3n) is 6.84. The fourth-order valence-electron chi connectivity index (χ4n) is 4.13. The second-order valence-electron chi connectivity index (χ2n) is 9.57. The Kier molecular flexibility index (Phi) is 11.5. The molecule has 3 aromatic rings. The molecule has 0 heterocycles. The lowest BCUT2D eigenvalue weighted by Crippen LogP contribution is -2.52. The van der Waals surface area contributed by atoms with E-state index in [9.17, 15) is 18.0 Å². The Labute approximate surface area is 257 Å². The highest BCUT2D eigenvalue weighted by molar-refractivity contribution is 7.92. The predicted octanol–water partition coefficient (Wildman–Crippen LogP) is 5.54. The number of nitrogens with one attached hydrogen (secondary N) is 1. The molecule has 1 N–H and O–H groups in total.